The second kappa shape index (κ2) is 8.93. The molecule has 2 aliphatic rings. The summed E-state index contributed by atoms with van der Waals surface area (Å²) in [7, 11) is 0. The number of rotatable bonds is 4. The largest absolute Gasteiger partial charge is 0.372 e. The first-order valence-electron chi connectivity index (χ1n) is 7.94. The number of amides is 1. The van der Waals surface area contributed by atoms with E-state index in [1.807, 2.05) is 18.7 Å². The number of ether oxygens (including phenoxy) is 1. The maximum atomic E-state index is 12.4. The van der Waals surface area contributed by atoms with Crippen molar-refractivity contribution in [3.63, 3.8) is 0 Å². The summed E-state index contributed by atoms with van der Waals surface area (Å²) in [5, 5.41) is 0. The number of morpholine rings is 1. The maximum Gasteiger partial charge on any atom is 0.236 e. The fraction of sp³-hybridized carbons (Fsp3) is 0.933. The molecular formula is C15H30ClN3O2. The molecule has 3 atom stereocenters. The van der Waals surface area contributed by atoms with Gasteiger partial charge in [-0.05, 0) is 52.1 Å². The van der Waals surface area contributed by atoms with Crippen LogP contribution in [0.3, 0.4) is 0 Å². The number of halogens is 1. The minimum absolute atomic E-state index is 0. The monoisotopic (exact) mass is 319 g/mol. The van der Waals surface area contributed by atoms with Crippen molar-refractivity contribution < 1.29 is 9.53 Å². The lowest BCUT2D eigenvalue weighted by molar-refractivity contribution is -0.144. The molecule has 2 heterocycles. The zero-order chi connectivity index (χ0) is 14.5. The number of hydrogen-bond acceptors (Lipinski definition) is 4. The molecule has 124 valence electrons. The highest BCUT2D eigenvalue weighted by atomic mass is 35.5. The average Bonchev–Trinajstić information content (AvgIpc) is 2.38. The van der Waals surface area contributed by atoms with Gasteiger partial charge in [-0.3, -0.25) is 9.69 Å². The van der Waals surface area contributed by atoms with E-state index in [-0.39, 0.29) is 30.5 Å². The van der Waals surface area contributed by atoms with Gasteiger partial charge in [0, 0.05) is 19.6 Å². The van der Waals surface area contributed by atoms with E-state index in [0.717, 1.165) is 39.1 Å². The van der Waals surface area contributed by atoms with Crippen molar-refractivity contribution in [2.45, 2.75) is 45.3 Å². The zero-order valence-electron chi connectivity index (χ0n) is 13.3. The van der Waals surface area contributed by atoms with Crippen molar-refractivity contribution in [1.29, 1.82) is 0 Å². The Morgan fingerprint density at radius 3 is 2.52 bits per heavy atom. The summed E-state index contributed by atoms with van der Waals surface area (Å²) in [5.74, 6) is 0.921. The van der Waals surface area contributed by atoms with Gasteiger partial charge in [0.2, 0.25) is 5.91 Å². The summed E-state index contributed by atoms with van der Waals surface area (Å²) < 4.78 is 5.68. The molecule has 2 aliphatic heterocycles. The Labute approximate surface area is 134 Å². The Kier molecular flexibility index (Phi) is 7.95. The number of carbonyl (C=O) groups is 1. The van der Waals surface area contributed by atoms with E-state index < -0.39 is 0 Å². The summed E-state index contributed by atoms with van der Waals surface area (Å²) in [4.78, 5) is 16.7. The molecule has 2 fully saturated rings. The van der Waals surface area contributed by atoms with Gasteiger partial charge in [-0.15, -0.1) is 12.4 Å². The lowest BCUT2D eigenvalue weighted by atomic mass is 9.95. The highest BCUT2D eigenvalue weighted by Crippen LogP contribution is 2.19. The first-order valence-corrected chi connectivity index (χ1v) is 7.94. The van der Waals surface area contributed by atoms with Gasteiger partial charge >= 0.3 is 0 Å². The Balaban J connectivity index is 0.00000220. The molecule has 0 radical (unpaired) electrons. The maximum absolute atomic E-state index is 12.4. The molecule has 0 bridgehead atoms. The van der Waals surface area contributed by atoms with E-state index in [1.54, 1.807) is 0 Å². The predicted octanol–water partition coefficient (Wildman–Crippen LogP) is 1.10. The minimum Gasteiger partial charge on any atom is -0.372 e. The number of carbonyl (C=O) groups excluding carboxylic acids is 1. The van der Waals surface area contributed by atoms with Crippen LogP contribution in [-0.4, -0.2) is 67.2 Å². The van der Waals surface area contributed by atoms with Gasteiger partial charge in [-0.1, -0.05) is 0 Å². The smallest absolute Gasteiger partial charge is 0.236 e. The molecule has 0 aromatic carbocycles. The van der Waals surface area contributed by atoms with E-state index in [9.17, 15) is 4.79 Å². The lowest BCUT2D eigenvalue weighted by Crippen LogP contribution is -2.52. The normalized spacial score (nSPS) is 30.8. The van der Waals surface area contributed by atoms with E-state index >= 15 is 0 Å². The van der Waals surface area contributed by atoms with Crippen LogP contribution in [0.5, 0.6) is 0 Å². The van der Waals surface area contributed by atoms with Crippen LogP contribution in [0.25, 0.3) is 0 Å². The van der Waals surface area contributed by atoms with E-state index in [4.69, 9.17) is 10.5 Å². The van der Waals surface area contributed by atoms with Crippen LogP contribution in [0.15, 0.2) is 0 Å². The second-order valence-corrected chi connectivity index (χ2v) is 6.38. The summed E-state index contributed by atoms with van der Waals surface area (Å²) in [6.45, 7) is 8.90. The Morgan fingerprint density at radius 1 is 1.24 bits per heavy atom. The summed E-state index contributed by atoms with van der Waals surface area (Å²) >= 11 is 0. The van der Waals surface area contributed by atoms with Gasteiger partial charge in [0.1, 0.15) is 0 Å². The summed E-state index contributed by atoms with van der Waals surface area (Å²) in [5.41, 5.74) is 5.65. The Hall–Kier alpha value is -0.360. The van der Waals surface area contributed by atoms with Crippen LogP contribution in [0.2, 0.25) is 0 Å². The van der Waals surface area contributed by atoms with E-state index in [0.29, 0.717) is 12.5 Å². The van der Waals surface area contributed by atoms with E-state index in [1.165, 1.54) is 12.8 Å². The Bertz CT molecular complexity index is 318. The van der Waals surface area contributed by atoms with Crippen molar-refractivity contribution in [3.8, 4) is 0 Å². The van der Waals surface area contributed by atoms with Crippen LogP contribution in [-0.2, 0) is 9.53 Å². The molecule has 0 aliphatic carbocycles. The van der Waals surface area contributed by atoms with Crippen LogP contribution in [0.1, 0.15) is 33.1 Å². The van der Waals surface area contributed by atoms with Gasteiger partial charge in [0.05, 0.1) is 18.8 Å². The number of piperidine rings is 1. The molecule has 6 heteroatoms. The molecule has 21 heavy (non-hydrogen) atoms. The number of nitrogens with zero attached hydrogens (tertiary/aromatic N) is 2. The van der Waals surface area contributed by atoms with Crippen LogP contribution in [0, 0.1) is 5.92 Å². The third kappa shape index (κ3) is 5.74. The lowest BCUT2D eigenvalue weighted by Gasteiger charge is -2.38. The third-order valence-corrected chi connectivity index (χ3v) is 4.31. The molecule has 2 saturated heterocycles. The molecule has 2 N–H and O–H groups in total. The fourth-order valence-corrected chi connectivity index (χ4v) is 3.44. The van der Waals surface area contributed by atoms with Crippen molar-refractivity contribution in [2.75, 3.05) is 39.3 Å². The first-order chi connectivity index (χ1) is 9.58. The molecular weight excluding hydrogens is 290 g/mol. The van der Waals surface area contributed by atoms with Gasteiger partial charge < -0.3 is 15.4 Å². The third-order valence-electron chi connectivity index (χ3n) is 4.31. The first kappa shape index (κ1) is 18.7. The zero-order valence-corrected chi connectivity index (χ0v) is 14.1. The quantitative estimate of drug-likeness (QED) is 0.843. The predicted molar refractivity (Wildman–Crippen MR) is 86.7 cm³/mol. The summed E-state index contributed by atoms with van der Waals surface area (Å²) in [6.07, 6.45) is 3.82. The number of hydrogen-bond donors (Lipinski definition) is 1. The molecule has 5 nitrogen and oxygen atoms in total. The van der Waals surface area contributed by atoms with Gasteiger partial charge in [0.25, 0.3) is 0 Å². The van der Waals surface area contributed by atoms with Crippen LogP contribution < -0.4 is 5.73 Å². The standard InChI is InChI=1S/C15H29N3O2.ClH/c1-12-8-18(9-13(2)20-12)15(19)11-17-7-3-4-14(10-17)5-6-16;/h12-14H,3-11,16H2,1-2H3;1H. The van der Waals surface area contributed by atoms with Gasteiger partial charge in [0.15, 0.2) is 0 Å². The Morgan fingerprint density at radius 2 is 1.90 bits per heavy atom. The summed E-state index contributed by atoms with van der Waals surface area (Å²) in [6, 6.07) is 0. The molecule has 1 amide bonds. The minimum atomic E-state index is 0. The van der Waals surface area contributed by atoms with E-state index in [2.05, 4.69) is 4.90 Å². The number of nitrogens with two attached hydrogens (primary N) is 1. The molecule has 3 unspecified atom stereocenters. The fourth-order valence-electron chi connectivity index (χ4n) is 3.44. The van der Waals surface area contributed by atoms with Crippen LogP contribution in [0.4, 0.5) is 0 Å². The van der Waals surface area contributed by atoms with Gasteiger partial charge in [-0.2, -0.15) is 0 Å². The average molecular weight is 320 g/mol. The molecule has 0 aromatic rings. The molecule has 0 spiro atoms. The SMILES string of the molecule is CC1CN(C(=O)CN2CCCC(CCN)C2)CC(C)O1.Cl. The molecule has 0 aromatic heterocycles. The van der Waals surface area contributed by atoms with Crippen LogP contribution >= 0.6 is 12.4 Å². The van der Waals surface area contributed by atoms with Crippen molar-refractivity contribution >= 4 is 18.3 Å². The second-order valence-electron chi connectivity index (χ2n) is 6.38. The van der Waals surface area contributed by atoms with Gasteiger partial charge in [-0.25, -0.2) is 0 Å². The van der Waals surface area contributed by atoms with Crippen molar-refractivity contribution in [2.24, 2.45) is 11.7 Å². The topological polar surface area (TPSA) is 58.8 Å². The molecule has 0 saturated carbocycles. The highest BCUT2D eigenvalue weighted by Gasteiger charge is 2.28. The highest BCUT2D eigenvalue weighted by molar-refractivity contribution is 5.85. The molecule has 2 rings (SSSR count). The van der Waals surface area contributed by atoms with Crippen molar-refractivity contribution in [3.05, 3.63) is 0 Å². The van der Waals surface area contributed by atoms with Crippen molar-refractivity contribution in [1.82, 2.24) is 9.80 Å². The number of likely N-dealkylation sites (tertiary alicyclic amines) is 1.